The Balaban J connectivity index is 1.03. The van der Waals surface area contributed by atoms with Crippen molar-refractivity contribution < 1.29 is 19.2 Å². The van der Waals surface area contributed by atoms with Crippen molar-refractivity contribution in [2.24, 2.45) is 0 Å². The first-order chi connectivity index (χ1) is 40.4. The molecule has 422 valence electrons. The number of carbonyl (C=O) groups excluding carboxylic acids is 4. The topological polar surface area (TPSA) is 153 Å². The summed E-state index contributed by atoms with van der Waals surface area (Å²) in [6.07, 6.45) is 1.96. The fourth-order valence-electron chi connectivity index (χ4n) is 13.3. The summed E-state index contributed by atoms with van der Waals surface area (Å²) in [5, 5.41) is 16.0. The maximum Gasteiger partial charge on any atom is 0.266 e. The highest BCUT2D eigenvalue weighted by Gasteiger charge is 2.42. The first kappa shape index (κ1) is 54.4. The Bertz CT molecular complexity index is 4360. The number of para-hydroxylation sites is 2. The first-order valence-corrected chi connectivity index (χ1v) is 30.1. The molecule has 3 aliphatic heterocycles. The van der Waals surface area contributed by atoms with Crippen molar-refractivity contribution in [1.82, 2.24) is 15.0 Å². The van der Waals surface area contributed by atoms with Crippen molar-refractivity contribution in [1.29, 1.82) is 0 Å². The lowest BCUT2D eigenvalue weighted by Crippen LogP contribution is -2.42. The predicted molar refractivity (Wildman–Crippen MR) is 343 cm³/mol. The van der Waals surface area contributed by atoms with Gasteiger partial charge >= 0.3 is 0 Å². The number of aryl methyl sites for hydroxylation is 2. The number of anilines is 8. The zero-order valence-corrected chi connectivity index (χ0v) is 50.1. The normalized spacial score (nSPS) is 14.4. The first-order valence-electron chi connectivity index (χ1n) is 29.3. The number of amides is 4. The van der Waals surface area contributed by atoms with Gasteiger partial charge in [-0.15, -0.1) is 0 Å². The molecule has 1 aromatic heterocycles. The molecule has 0 radical (unpaired) electrons. The summed E-state index contributed by atoms with van der Waals surface area (Å²) in [5.74, 6) is -0.224. The lowest BCUT2D eigenvalue weighted by molar-refractivity contribution is 0.0877. The molecule has 14 heteroatoms. The molecule has 13 nitrogen and oxygen atoms in total. The van der Waals surface area contributed by atoms with Gasteiger partial charge in [0.15, 0.2) is 0 Å². The molecule has 84 heavy (non-hydrogen) atoms. The van der Waals surface area contributed by atoms with Crippen LogP contribution in [0.5, 0.6) is 0 Å². The second-order valence-corrected chi connectivity index (χ2v) is 25.1. The molecule has 0 saturated carbocycles. The smallest absolute Gasteiger partial charge is 0.266 e. The number of nitrogens with zero attached hydrogens (tertiary/aromatic N) is 6. The summed E-state index contributed by atoms with van der Waals surface area (Å²) in [5.41, 5.74) is 11.6. The predicted octanol–water partition coefficient (Wildman–Crippen LogP) is 16.9. The number of hydrogen-bond donors (Lipinski definition) is 3. The van der Waals surface area contributed by atoms with Crippen molar-refractivity contribution in [2.45, 2.75) is 116 Å². The van der Waals surface area contributed by atoms with E-state index in [-0.39, 0.29) is 47.3 Å². The summed E-state index contributed by atoms with van der Waals surface area (Å²) in [6.45, 7) is 22.5. The highest BCUT2D eigenvalue weighted by Crippen LogP contribution is 2.54. The Kier molecular flexibility index (Phi) is 13.4. The van der Waals surface area contributed by atoms with Gasteiger partial charge in [-0.25, -0.2) is 9.80 Å². The Morgan fingerprint density at radius 1 is 0.452 bits per heavy atom. The SMILES string of the molecule is CNc1nc(Nc2ccc(Sc3cc4c5c(ccc6c7c(N8CCCC8)cc8c9c(ccc(c3c56)c97)C(=O)N(c3c(C(C)C)cccc3C(C)C)C8=O)C(=O)N(c3c(C(C)C)cccc3C(C)C)C4=O)cc2)nc(Nc2cc(C)cc(C)c2)n1. The number of fused-ring (bicyclic) bond motifs is 2. The van der Waals surface area contributed by atoms with E-state index < -0.39 is 0 Å². The van der Waals surface area contributed by atoms with Gasteiger partial charge in [-0.1, -0.05) is 122 Å². The molecule has 4 amide bonds. The number of aromatic nitrogens is 3. The van der Waals surface area contributed by atoms with E-state index in [0.29, 0.717) is 62.2 Å². The van der Waals surface area contributed by atoms with Crippen molar-refractivity contribution in [3.05, 3.63) is 171 Å². The van der Waals surface area contributed by atoms with Crippen LogP contribution in [-0.4, -0.2) is 58.7 Å². The van der Waals surface area contributed by atoms with Crippen molar-refractivity contribution in [3.8, 4) is 0 Å². The van der Waals surface area contributed by atoms with Gasteiger partial charge in [0.25, 0.3) is 23.6 Å². The summed E-state index contributed by atoms with van der Waals surface area (Å²) in [7, 11) is 1.77. The Labute approximate surface area is 493 Å². The van der Waals surface area contributed by atoms with E-state index >= 15 is 19.2 Å². The number of imide groups is 2. The Morgan fingerprint density at radius 3 is 1.38 bits per heavy atom. The minimum atomic E-state index is -0.383. The van der Waals surface area contributed by atoms with Crippen LogP contribution in [0.1, 0.15) is 167 Å². The molecule has 9 aromatic carbocycles. The van der Waals surface area contributed by atoms with Crippen LogP contribution in [-0.2, 0) is 0 Å². The van der Waals surface area contributed by atoms with Crippen molar-refractivity contribution >= 4 is 125 Å². The number of benzene rings is 9. The average molecular weight is 1130 g/mol. The summed E-state index contributed by atoms with van der Waals surface area (Å²) >= 11 is 1.53. The van der Waals surface area contributed by atoms with Gasteiger partial charge in [0, 0.05) is 90.4 Å². The van der Waals surface area contributed by atoms with Crippen LogP contribution >= 0.6 is 11.8 Å². The largest absolute Gasteiger partial charge is 0.371 e. The Hall–Kier alpha value is -8.88. The van der Waals surface area contributed by atoms with Crippen LogP contribution < -0.4 is 30.7 Å². The standard InChI is InChI=1S/C70H67N9O4S/c1-35(2)44-16-14-17-45(36(3)4)62(44)78-64(80)50-27-25-49-59-55(84-43-22-20-41(21-23-43)72-69-74-68(71-11)75-70(76-69)73-42-31-39(9)30-40(10)32-42)34-53-57-51(65(81)79(67(53)83)63-46(37(5)6)18-15-19-47(63)38(7)8)26-24-48(61(57)59)58-54(77-28-12-13-29-77)33-52(66(78)82)56(50)60(49)58/h14-27,30-38H,12-13,28-29H2,1-11H3,(H3,71,72,73,74,75,76). The molecule has 13 rings (SSSR count). The molecule has 0 unspecified atom stereocenters. The van der Waals surface area contributed by atoms with Crippen LogP contribution in [0.3, 0.4) is 0 Å². The van der Waals surface area contributed by atoms with Gasteiger partial charge in [-0.05, 0) is 155 Å². The fourth-order valence-corrected chi connectivity index (χ4v) is 14.3. The van der Waals surface area contributed by atoms with Crippen molar-refractivity contribution in [2.75, 3.05) is 50.8 Å². The third-order valence-corrected chi connectivity index (χ3v) is 18.1. The minimum Gasteiger partial charge on any atom is -0.371 e. The van der Waals surface area contributed by atoms with Crippen LogP contribution in [0.2, 0.25) is 0 Å². The molecule has 0 aliphatic carbocycles. The average Bonchev–Trinajstić information content (AvgIpc) is 0.875. The van der Waals surface area contributed by atoms with E-state index in [1.165, 1.54) is 21.6 Å². The van der Waals surface area contributed by atoms with Crippen LogP contribution in [0, 0.1) is 13.8 Å². The zero-order chi connectivity index (χ0) is 58.7. The Morgan fingerprint density at radius 2 is 0.893 bits per heavy atom. The number of carbonyl (C=O) groups is 4. The lowest BCUT2D eigenvalue weighted by Gasteiger charge is -2.35. The van der Waals surface area contributed by atoms with E-state index in [2.05, 4.69) is 106 Å². The van der Waals surface area contributed by atoms with Gasteiger partial charge < -0.3 is 20.9 Å². The van der Waals surface area contributed by atoms with Crippen LogP contribution in [0.25, 0.3) is 43.1 Å². The number of hydrogen-bond acceptors (Lipinski definition) is 12. The molecule has 0 atom stereocenters. The number of rotatable bonds is 14. The van der Waals surface area contributed by atoms with Gasteiger partial charge in [-0.3, -0.25) is 19.2 Å². The third kappa shape index (κ3) is 8.78. The van der Waals surface area contributed by atoms with E-state index in [9.17, 15) is 0 Å². The van der Waals surface area contributed by atoms with E-state index in [4.69, 9.17) is 4.98 Å². The molecule has 0 spiro atoms. The summed E-state index contributed by atoms with van der Waals surface area (Å²) < 4.78 is 0. The lowest BCUT2D eigenvalue weighted by atomic mass is 9.80. The molecule has 1 fully saturated rings. The molecule has 3 N–H and O–H groups in total. The summed E-state index contributed by atoms with van der Waals surface area (Å²) in [4.78, 5) is 83.6. The quantitative estimate of drug-likeness (QED) is 0.0540. The van der Waals surface area contributed by atoms with Crippen molar-refractivity contribution in [3.63, 3.8) is 0 Å². The highest BCUT2D eigenvalue weighted by molar-refractivity contribution is 7.99. The van der Waals surface area contributed by atoms with Gasteiger partial charge in [0.1, 0.15) is 0 Å². The van der Waals surface area contributed by atoms with Crippen LogP contribution in [0.15, 0.2) is 125 Å². The molecule has 1 saturated heterocycles. The second kappa shape index (κ2) is 20.8. The third-order valence-electron chi connectivity index (χ3n) is 17.0. The molecule has 10 aromatic rings. The van der Waals surface area contributed by atoms with E-state index in [1.807, 2.05) is 109 Å². The van der Waals surface area contributed by atoms with Gasteiger partial charge in [0.05, 0.1) is 22.5 Å². The van der Waals surface area contributed by atoms with Gasteiger partial charge in [0.2, 0.25) is 17.8 Å². The highest BCUT2D eigenvalue weighted by atomic mass is 32.2. The van der Waals surface area contributed by atoms with E-state index in [1.54, 1.807) is 7.05 Å². The zero-order valence-electron chi connectivity index (χ0n) is 49.3. The molecule has 0 bridgehead atoms. The molecule has 4 heterocycles. The number of nitrogens with one attached hydrogen (secondary N) is 3. The van der Waals surface area contributed by atoms with Gasteiger partial charge in [-0.2, -0.15) is 15.0 Å². The molecule has 3 aliphatic rings. The monoisotopic (exact) mass is 1130 g/mol. The second-order valence-electron chi connectivity index (χ2n) is 24.0. The molecular formula is C70H67N9O4S. The van der Waals surface area contributed by atoms with E-state index in [0.717, 1.165) is 118 Å². The fraction of sp³-hybridized carbons (Fsp3) is 0.271. The van der Waals surface area contributed by atoms with Crippen LogP contribution in [0.4, 0.5) is 46.3 Å². The minimum absolute atomic E-state index is 0.0208. The maximum absolute atomic E-state index is 15.9. The maximum atomic E-state index is 15.9. The molecular weight excluding hydrogens is 1060 g/mol. The summed E-state index contributed by atoms with van der Waals surface area (Å²) in [6, 6.07) is 38.2.